The molecule has 2 aromatic carbocycles. The fraction of sp³-hybridized carbons (Fsp3) is 0.222. The number of hydrogen-bond acceptors (Lipinski definition) is 1. The molecule has 0 saturated heterocycles. The van der Waals surface area contributed by atoms with E-state index in [0.717, 1.165) is 6.54 Å². The Morgan fingerprint density at radius 1 is 1.00 bits per heavy atom. The Bertz CT molecular complexity index is 698. The summed E-state index contributed by atoms with van der Waals surface area (Å²) in [6.07, 6.45) is 2.28. The fourth-order valence-corrected chi connectivity index (χ4v) is 2.69. The minimum Gasteiger partial charge on any atom is -0.343 e. The molecule has 3 rings (SSSR count). The van der Waals surface area contributed by atoms with Crippen LogP contribution in [0.2, 0.25) is 0 Å². The Labute approximate surface area is 120 Å². The van der Waals surface area contributed by atoms with Gasteiger partial charge in [-0.25, -0.2) is 0 Å². The number of hydrogen-bond donors (Lipinski definition) is 1. The SMILES string of the molecule is CNC(C)c1cn(Cc2ccccc2)c2ccccc12. The predicted molar refractivity (Wildman–Crippen MR) is 85.0 cm³/mol. The lowest BCUT2D eigenvalue weighted by atomic mass is 10.1. The van der Waals surface area contributed by atoms with Gasteiger partial charge in [0, 0.05) is 29.7 Å². The molecule has 1 heterocycles. The topological polar surface area (TPSA) is 17.0 Å². The molecule has 0 aliphatic carbocycles. The molecule has 0 spiro atoms. The maximum atomic E-state index is 3.34. The summed E-state index contributed by atoms with van der Waals surface area (Å²) in [5.41, 5.74) is 3.99. The van der Waals surface area contributed by atoms with Gasteiger partial charge in [-0.2, -0.15) is 0 Å². The van der Waals surface area contributed by atoms with Crippen molar-refractivity contribution in [3.8, 4) is 0 Å². The first-order chi connectivity index (χ1) is 9.79. The second-order valence-electron chi connectivity index (χ2n) is 5.23. The summed E-state index contributed by atoms with van der Waals surface area (Å²) in [5.74, 6) is 0. The van der Waals surface area contributed by atoms with Crippen molar-refractivity contribution in [1.82, 2.24) is 9.88 Å². The van der Waals surface area contributed by atoms with Gasteiger partial charge in [-0.3, -0.25) is 0 Å². The number of rotatable bonds is 4. The molecular weight excluding hydrogens is 244 g/mol. The van der Waals surface area contributed by atoms with Gasteiger partial charge in [0.1, 0.15) is 0 Å². The van der Waals surface area contributed by atoms with Gasteiger partial charge in [0.15, 0.2) is 0 Å². The van der Waals surface area contributed by atoms with Crippen LogP contribution in [0.5, 0.6) is 0 Å². The van der Waals surface area contributed by atoms with Gasteiger partial charge in [-0.1, -0.05) is 48.5 Å². The highest BCUT2D eigenvalue weighted by molar-refractivity contribution is 5.84. The van der Waals surface area contributed by atoms with Crippen LogP contribution in [0.25, 0.3) is 10.9 Å². The molecule has 1 N–H and O–H groups in total. The summed E-state index contributed by atoms with van der Waals surface area (Å²) in [6, 6.07) is 19.6. The molecular formula is C18H20N2. The highest BCUT2D eigenvalue weighted by Gasteiger charge is 2.12. The van der Waals surface area contributed by atoms with Gasteiger partial charge in [0.05, 0.1) is 0 Å². The summed E-state index contributed by atoms with van der Waals surface area (Å²) >= 11 is 0. The van der Waals surface area contributed by atoms with Gasteiger partial charge in [-0.15, -0.1) is 0 Å². The highest BCUT2D eigenvalue weighted by Crippen LogP contribution is 2.26. The minimum atomic E-state index is 0.358. The first kappa shape index (κ1) is 12.9. The van der Waals surface area contributed by atoms with Crippen molar-refractivity contribution in [2.45, 2.75) is 19.5 Å². The lowest BCUT2D eigenvalue weighted by molar-refractivity contribution is 0.652. The Hall–Kier alpha value is -2.06. The zero-order valence-electron chi connectivity index (χ0n) is 12.0. The largest absolute Gasteiger partial charge is 0.343 e. The van der Waals surface area contributed by atoms with E-state index in [2.05, 4.69) is 77.6 Å². The predicted octanol–water partition coefficient (Wildman–Crippen LogP) is 3.97. The fourth-order valence-electron chi connectivity index (χ4n) is 2.69. The Kier molecular flexibility index (Phi) is 3.57. The molecule has 1 atom stereocenters. The molecule has 0 aliphatic rings. The molecule has 20 heavy (non-hydrogen) atoms. The van der Waals surface area contributed by atoms with Crippen molar-refractivity contribution in [1.29, 1.82) is 0 Å². The number of benzene rings is 2. The van der Waals surface area contributed by atoms with Crippen LogP contribution in [0, 0.1) is 0 Å². The van der Waals surface area contributed by atoms with Crippen LogP contribution in [-0.4, -0.2) is 11.6 Å². The van der Waals surface area contributed by atoms with Gasteiger partial charge in [0.2, 0.25) is 0 Å². The van der Waals surface area contributed by atoms with Crippen LogP contribution in [0.4, 0.5) is 0 Å². The number of fused-ring (bicyclic) bond motifs is 1. The smallest absolute Gasteiger partial charge is 0.0486 e. The average molecular weight is 264 g/mol. The summed E-state index contributed by atoms with van der Waals surface area (Å²) < 4.78 is 2.34. The summed E-state index contributed by atoms with van der Waals surface area (Å²) in [5, 5.41) is 4.68. The highest BCUT2D eigenvalue weighted by atomic mass is 15.0. The molecule has 0 saturated carbocycles. The van der Waals surface area contributed by atoms with Crippen molar-refractivity contribution in [3.05, 3.63) is 71.9 Å². The summed E-state index contributed by atoms with van der Waals surface area (Å²) in [4.78, 5) is 0. The molecule has 1 unspecified atom stereocenters. The van der Waals surface area contributed by atoms with Gasteiger partial charge in [0.25, 0.3) is 0 Å². The second-order valence-corrected chi connectivity index (χ2v) is 5.23. The van der Waals surface area contributed by atoms with Crippen molar-refractivity contribution in [3.63, 3.8) is 0 Å². The lowest BCUT2D eigenvalue weighted by Crippen LogP contribution is -2.11. The molecule has 102 valence electrons. The Balaban J connectivity index is 2.07. The zero-order chi connectivity index (χ0) is 13.9. The third kappa shape index (κ3) is 2.35. The van der Waals surface area contributed by atoms with E-state index in [1.165, 1.54) is 22.0 Å². The van der Waals surface area contributed by atoms with Gasteiger partial charge < -0.3 is 9.88 Å². The minimum absolute atomic E-state index is 0.358. The van der Waals surface area contributed by atoms with Crippen LogP contribution >= 0.6 is 0 Å². The first-order valence-corrected chi connectivity index (χ1v) is 7.08. The maximum absolute atomic E-state index is 3.34. The summed E-state index contributed by atoms with van der Waals surface area (Å²) in [7, 11) is 2.01. The van der Waals surface area contributed by atoms with Crippen molar-refractivity contribution < 1.29 is 0 Å². The monoisotopic (exact) mass is 264 g/mol. The van der Waals surface area contributed by atoms with E-state index < -0.39 is 0 Å². The van der Waals surface area contributed by atoms with Crippen LogP contribution < -0.4 is 5.32 Å². The Morgan fingerprint density at radius 2 is 1.70 bits per heavy atom. The van der Waals surface area contributed by atoms with Crippen molar-refractivity contribution in [2.75, 3.05) is 7.05 Å². The number of para-hydroxylation sites is 1. The third-order valence-corrected chi connectivity index (χ3v) is 3.91. The molecule has 2 heteroatoms. The number of aromatic nitrogens is 1. The molecule has 0 aliphatic heterocycles. The molecule has 0 bridgehead atoms. The standard InChI is InChI=1S/C18H20N2/c1-14(19-2)17-13-20(12-15-8-4-3-5-9-15)18-11-7-6-10-16(17)18/h3-11,13-14,19H,12H2,1-2H3. The summed E-state index contributed by atoms with van der Waals surface area (Å²) in [6.45, 7) is 3.12. The normalized spacial score (nSPS) is 12.7. The van der Waals surface area contributed by atoms with Crippen LogP contribution in [0.3, 0.4) is 0 Å². The van der Waals surface area contributed by atoms with Gasteiger partial charge >= 0.3 is 0 Å². The molecule has 3 aromatic rings. The Morgan fingerprint density at radius 3 is 2.45 bits per heavy atom. The van der Waals surface area contributed by atoms with Crippen LogP contribution in [-0.2, 0) is 6.54 Å². The molecule has 2 nitrogen and oxygen atoms in total. The second kappa shape index (κ2) is 5.51. The van der Waals surface area contributed by atoms with Crippen molar-refractivity contribution in [2.24, 2.45) is 0 Å². The van der Waals surface area contributed by atoms with E-state index in [1.807, 2.05) is 7.05 Å². The van der Waals surface area contributed by atoms with E-state index in [9.17, 15) is 0 Å². The molecule has 0 fully saturated rings. The van der Waals surface area contributed by atoms with Crippen LogP contribution in [0.15, 0.2) is 60.8 Å². The van der Waals surface area contributed by atoms with Crippen molar-refractivity contribution >= 4 is 10.9 Å². The molecule has 1 aromatic heterocycles. The number of nitrogens with zero attached hydrogens (tertiary/aromatic N) is 1. The third-order valence-electron chi connectivity index (χ3n) is 3.91. The van der Waals surface area contributed by atoms with E-state index in [4.69, 9.17) is 0 Å². The first-order valence-electron chi connectivity index (χ1n) is 7.08. The number of nitrogens with one attached hydrogen (secondary N) is 1. The van der Waals surface area contributed by atoms with Gasteiger partial charge in [-0.05, 0) is 31.2 Å². The van der Waals surface area contributed by atoms with E-state index in [-0.39, 0.29) is 0 Å². The van der Waals surface area contributed by atoms with E-state index in [1.54, 1.807) is 0 Å². The molecule has 0 radical (unpaired) electrons. The maximum Gasteiger partial charge on any atom is 0.0486 e. The zero-order valence-corrected chi connectivity index (χ0v) is 12.0. The van der Waals surface area contributed by atoms with E-state index in [0.29, 0.717) is 6.04 Å². The molecule has 0 amide bonds. The quantitative estimate of drug-likeness (QED) is 0.754. The van der Waals surface area contributed by atoms with Crippen LogP contribution in [0.1, 0.15) is 24.1 Å². The van der Waals surface area contributed by atoms with E-state index >= 15 is 0 Å². The lowest BCUT2D eigenvalue weighted by Gasteiger charge is -2.08. The average Bonchev–Trinajstić information content (AvgIpc) is 2.87.